The lowest BCUT2D eigenvalue weighted by molar-refractivity contribution is -0.153. The van der Waals surface area contributed by atoms with E-state index in [9.17, 15) is 37.1 Å². The molecular weight excluding hydrogens is 499 g/mol. The highest BCUT2D eigenvalue weighted by atomic mass is 19.4. The van der Waals surface area contributed by atoms with Gasteiger partial charge in [0.2, 0.25) is 11.8 Å². The van der Waals surface area contributed by atoms with Gasteiger partial charge in [-0.15, -0.1) is 0 Å². The number of ketones is 1. The van der Waals surface area contributed by atoms with E-state index in [4.69, 9.17) is 9.84 Å². The van der Waals surface area contributed by atoms with Gasteiger partial charge in [-0.3, -0.25) is 14.4 Å². The van der Waals surface area contributed by atoms with Crippen molar-refractivity contribution in [3.63, 3.8) is 0 Å². The first kappa shape index (κ1) is 30.4. The average molecular weight is 536 g/mol. The molecule has 0 spiro atoms. The number of aliphatic carboxylic acids is 1. The van der Waals surface area contributed by atoms with Gasteiger partial charge in [0.05, 0.1) is 6.04 Å². The fourth-order valence-electron chi connectivity index (χ4n) is 4.76. The number of alkyl carbamates (subject to hydrolysis) is 1. The summed E-state index contributed by atoms with van der Waals surface area (Å²) in [5.41, 5.74) is -0.803. The normalized spacial score (nSPS) is 20.6. The van der Waals surface area contributed by atoms with E-state index in [2.05, 4.69) is 10.6 Å². The molecule has 210 valence electrons. The molecule has 2 rings (SSSR count). The Morgan fingerprint density at radius 2 is 1.59 bits per heavy atom. The van der Waals surface area contributed by atoms with E-state index in [0.29, 0.717) is 19.3 Å². The zero-order chi connectivity index (χ0) is 28.0. The first-order chi connectivity index (χ1) is 17.1. The molecule has 1 saturated heterocycles. The van der Waals surface area contributed by atoms with E-state index in [1.165, 1.54) is 4.90 Å². The number of amides is 3. The molecule has 3 N–H and O–H groups in total. The zero-order valence-corrected chi connectivity index (χ0v) is 21.4. The number of carbonyl (C=O) groups is 5. The minimum Gasteiger partial charge on any atom is -0.475 e. The molecule has 0 bridgehead atoms. The maximum Gasteiger partial charge on any atom is 0.408 e. The predicted octanol–water partition coefficient (Wildman–Crippen LogP) is 2.93. The summed E-state index contributed by atoms with van der Waals surface area (Å²) in [6, 6.07) is -3.97. The number of carboxylic acid groups (broad SMARTS) is 1. The van der Waals surface area contributed by atoms with E-state index in [-0.39, 0.29) is 18.9 Å². The van der Waals surface area contributed by atoms with Gasteiger partial charge in [-0.1, -0.05) is 19.3 Å². The van der Waals surface area contributed by atoms with Crippen LogP contribution in [0.1, 0.15) is 78.6 Å². The number of likely N-dealkylation sites (tertiary alicyclic amines) is 1. The van der Waals surface area contributed by atoms with Crippen LogP contribution in [0.2, 0.25) is 0 Å². The molecule has 1 heterocycles. The molecule has 10 nitrogen and oxygen atoms in total. The summed E-state index contributed by atoms with van der Waals surface area (Å²) in [6.07, 6.45) is -3.16. The average Bonchev–Trinajstić information content (AvgIpc) is 3.28. The first-order valence-electron chi connectivity index (χ1n) is 12.5. The van der Waals surface area contributed by atoms with Crippen molar-refractivity contribution >= 4 is 29.7 Å². The van der Waals surface area contributed by atoms with Crippen molar-refractivity contribution in [2.24, 2.45) is 5.92 Å². The summed E-state index contributed by atoms with van der Waals surface area (Å²) in [7, 11) is 0. The minimum atomic E-state index is -4.66. The quantitative estimate of drug-likeness (QED) is 0.385. The van der Waals surface area contributed by atoms with Crippen LogP contribution < -0.4 is 10.6 Å². The van der Waals surface area contributed by atoms with E-state index >= 15 is 0 Å². The lowest BCUT2D eigenvalue weighted by atomic mass is 9.83. The zero-order valence-electron chi connectivity index (χ0n) is 21.4. The number of Topliss-reactive ketones (excluding diaryl/α,β-unsaturated/α-hetero) is 1. The number of halogens is 3. The molecule has 1 aliphatic carbocycles. The van der Waals surface area contributed by atoms with Crippen molar-refractivity contribution < 1.29 is 47.0 Å². The maximum absolute atomic E-state index is 13.6. The fourth-order valence-corrected chi connectivity index (χ4v) is 4.76. The molecule has 3 atom stereocenters. The Kier molecular flexibility index (Phi) is 10.3. The van der Waals surface area contributed by atoms with Gasteiger partial charge in [0.15, 0.2) is 0 Å². The van der Waals surface area contributed by atoms with Gasteiger partial charge in [0.1, 0.15) is 17.7 Å². The Labute approximate surface area is 213 Å². The first-order valence-corrected chi connectivity index (χ1v) is 12.5. The number of nitrogens with one attached hydrogen (secondary N) is 2. The Morgan fingerprint density at radius 1 is 0.973 bits per heavy atom. The monoisotopic (exact) mass is 535 g/mol. The second kappa shape index (κ2) is 12.6. The number of ether oxygens (including phenoxy) is 1. The van der Waals surface area contributed by atoms with Crippen molar-refractivity contribution in [1.82, 2.24) is 15.5 Å². The fraction of sp³-hybridized carbons (Fsp3) is 0.792. The van der Waals surface area contributed by atoms with E-state index < -0.39 is 72.4 Å². The van der Waals surface area contributed by atoms with Crippen molar-refractivity contribution in [2.45, 2.75) is 108 Å². The molecule has 0 aromatic rings. The summed E-state index contributed by atoms with van der Waals surface area (Å²) >= 11 is 0. The van der Waals surface area contributed by atoms with Gasteiger partial charge in [-0.25, -0.2) is 9.59 Å². The molecule has 37 heavy (non-hydrogen) atoms. The molecule has 2 fully saturated rings. The molecule has 0 radical (unpaired) electrons. The second-order valence-electron chi connectivity index (χ2n) is 10.6. The SMILES string of the molecule is CC(C)(C)OC(=O)NC(C(=O)N1CCCC1C(=O)NC(CCC(F)(F)F)C(=O)C(=O)O)C1CCCCC1. The number of hydrogen-bond acceptors (Lipinski definition) is 6. The summed E-state index contributed by atoms with van der Waals surface area (Å²) in [4.78, 5) is 63.4. The standard InChI is InChI=1S/C24H36F3N3O7/c1-23(2,3)37-22(36)29-17(14-8-5-4-6-9-14)20(33)30-13-7-10-16(30)19(32)28-15(18(31)21(34)35)11-12-24(25,26)27/h14-17H,4-13H2,1-3H3,(H,28,32)(H,29,36)(H,34,35). The number of hydrogen-bond donors (Lipinski definition) is 3. The van der Waals surface area contributed by atoms with Crippen molar-refractivity contribution in [3.8, 4) is 0 Å². The van der Waals surface area contributed by atoms with Crippen molar-refractivity contribution in [2.75, 3.05) is 6.54 Å². The van der Waals surface area contributed by atoms with E-state index in [1.807, 2.05) is 0 Å². The molecule has 1 aliphatic heterocycles. The second-order valence-corrected chi connectivity index (χ2v) is 10.6. The minimum absolute atomic E-state index is 0.163. The van der Waals surface area contributed by atoms with Gasteiger partial charge in [-0.05, 0) is 58.8 Å². The van der Waals surface area contributed by atoms with Gasteiger partial charge in [-0.2, -0.15) is 13.2 Å². The molecule has 2 aliphatic rings. The van der Waals surface area contributed by atoms with Crippen LogP contribution in [-0.2, 0) is 23.9 Å². The van der Waals surface area contributed by atoms with Gasteiger partial charge < -0.3 is 25.4 Å². The summed E-state index contributed by atoms with van der Waals surface area (Å²) in [5, 5.41) is 13.7. The van der Waals surface area contributed by atoms with E-state index in [0.717, 1.165) is 19.3 Å². The molecule has 0 aromatic heterocycles. The Bertz CT molecular complexity index is 867. The number of nitrogens with zero attached hydrogens (tertiary/aromatic N) is 1. The highest BCUT2D eigenvalue weighted by molar-refractivity contribution is 6.35. The summed E-state index contributed by atoms with van der Waals surface area (Å²) < 4.78 is 43.4. The number of alkyl halides is 3. The van der Waals surface area contributed by atoms with Crippen LogP contribution in [0, 0.1) is 5.92 Å². The van der Waals surface area contributed by atoms with Crippen LogP contribution >= 0.6 is 0 Å². The van der Waals surface area contributed by atoms with Gasteiger partial charge in [0, 0.05) is 13.0 Å². The van der Waals surface area contributed by atoms with E-state index in [1.54, 1.807) is 20.8 Å². The topological polar surface area (TPSA) is 142 Å². The summed E-state index contributed by atoms with van der Waals surface area (Å²) in [5.74, 6) is -5.16. The van der Waals surface area contributed by atoms with Gasteiger partial charge in [0.25, 0.3) is 5.78 Å². The van der Waals surface area contributed by atoms with Crippen LogP contribution in [0.4, 0.5) is 18.0 Å². The molecule has 3 unspecified atom stereocenters. The van der Waals surface area contributed by atoms with Crippen LogP contribution in [0.5, 0.6) is 0 Å². The lowest BCUT2D eigenvalue weighted by Crippen LogP contribution is -2.58. The number of carboxylic acids is 1. The van der Waals surface area contributed by atoms with Gasteiger partial charge >= 0.3 is 18.2 Å². The molecule has 1 saturated carbocycles. The number of rotatable bonds is 9. The van der Waals surface area contributed by atoms with Crippen molar-refractivity contribution in [1.29, 1.82) is 0 Å². The smallest absolute Gasteiger partial charge is 0.408 e. The molecule has 13 heteroatoms. The highest BCUT2D eigenvalue weighted by Gasteiger charge is 2.42. The van der Waals surface area contributed by atoms with Crippen LogP contribution in [-0.4, -0.2) is 76.1 Å². The summed E-state index contributed by atoms with van der Waals surface area (Å²) in [6.45, 7) is 5.20. The third kappa shape index (κ3) is 9.51. The van der Waals surface area contributed by atoms with Crippen LogP contribution in [0.25, 0.3) is 0 Å². The third-order valence-electron chi connectivity index (χ3n) is 6.46. The molecule has 0 aromatic carbocycles. The third-order valence-corrected chi connectivity index (χ3v) is 6.46. The van der Waals surface area contributed by atoms with Crippen molar-refractivity contribution in [3.05, 3.63) is 0 Å². The largest absolute Gasteiger partial charge is 0.475 e. The Balaban J connectivity index is 2.20. The lowest BCUT2D eigenvalue weighted by Gasteiger charge is -2.35. The predicted molar refractivity (Wildman–Crippen MR) is 124 cm³/mol. The Morgan fingerprint density at radius 3 is 2.14 bits per heavy atom. The highest BCUT2D eigenvalue weighted by Crippen LogP contribution is 2.30. The molecular formula is C24H36F3N3O7. The Hall–Kier alpha value is -2.86. The van der Waals surface area contributed by atoms with Crippen LogP contribution in [0.3, 0.4) is 0 Å². The maximum atomic E-state index is 13.6. The van der Waals surface area contributed by atoms with Crippen LogP contribution in [0.15, 0.2) is 0 Å². The number of carbonyl (C=O) groups excluding carboxylic acids is 4. The molecule has 3 amide bonds.